The number of aromatic hydroxyl groups is 1. The molecule has 0 saturated heterocycles. The molecule has 23 heavy (non-hydrogen) atoms. The van der Waals surface area contributed by atoms with E-state index in [4.69, 9.17) is 4.74 Å². The van der Waals surface area contributed by atoms with Gasteiger partial charge in [-0.3, -0.25) is 4.79 Å². The van der Waals surface area contributed by atoms with Crippen molar-refractivity contribution in [2.75, 3.05) is 7.11 Å². The molecule has 0 saturated carbocycles. The molecular weight excluding hydrogens is 365 g/mol. The molecule has 2 aromatic rings. The Bertz CT molecular complexity index is 823. The van der Waals surface area contributed by atoms with Gasteiger partial charge in [-0.15, -0.1) is 0 Å². The third-order valence-corrected chi connectivity index (χ3v) is 3.66. The molecule has 0 heterocycles. The molecule has 0 bridgehead atoms. The second-order valence-corrected chi connectivity index (χ2v) is 5.41. The lowest BCUT2D eigenvalue weighted by molar-refractivity contribution is 0.104. The summed E-state index contributed by atoms with van der Waals surface area (Å²) in [5.74, 6) is -0.850. The first-order valence-corrected chi connectivity index (χ1v) is 7.24. The molecule has 0 atom stereocenters. The maximum atomic E-state index is 12.9. The third-order valence-electron chi connectivity index (χ3n) is 3.05. The van der Waals surface area contributed by atoms with Gasteiger partial charge in [0, 0.05) is 5.56 Å². The molecule has 0 aliphatic carbocycles. The highest BCUT2D eigenvalue weighted by Gasteiger charge is 2.14. The Morgan fingerprint density at radius 2 is 2.00 bits per heavy atom. The van der Waals surface area contributed by atoms with Gasteiger partial charge in [0.2, 0.25) is 5.78 Å². The van der Waals surface area contributed by atoms with Gasteiger partial charge in [0.15, 0.2) is 11.5 Å². The Hall–Kier alpha value is -2.65. The second-order valence-electron chi connectivity index (χ2n) is 4.56. The minimum absolute atomic E-state index is 0.0759. The van der Waals surface area contributed by atoms with Crippen LogP contribution in [0.2, 0.25) is 0 Å². The van der Waals surface area contributed by atoms with E-state index in [-0.39, 0.29) is 22.6 Å². The number of Topliss-reactive ketones (excluding diaryl/α,β-unsaturated/α-hetero) is 1. The number of rotatable bonds is 4. The van der Waals surface area contributed by atoms with Crippen molar-refractivity contribution in [3.05, 3.63) is 63.4 Å². The first kappa shape index (κ1) is 16.7. The maximum Gasteiger partial charge on any atom is 0.203 e. The van der Waals surface area contributed by atoms with Crippen LogP contribution in [0.5, 0.6) is 11.5 Å². The number of carbonyl (C=O) groups excluding carboxylic acids is 1. The summed E-state index contributed by atoms with van der Waals surface area (Å²) in [5.41, 5.74) is 0.596. The maximum absolute atomic E-state index is 12.9. The molecule has 4 nitrogen and oxygen atoms in total. The van der Waals surface area contributed by atoms with Crippen LogP contribution in [0.1, 0.15) is 15.9 Å². The van der Waals surface area contributed by atoms with Gasteiger partial charge in [0.1, 0.15) is 17.5 Å². The van der Waals surface area contributed by atoms with E-state index in [9.17, 15) is 19.6 Å². The smallest absolute Gasteiger partial charge is 0.203 e. The lowest BCUT2D eigenvalue weighted by Gasteiger charge is -2.07. The average molecular weight is 376 g/mol. The summed E-state index contributed by atoms with van der Waals surface area (Å²) in [6.07, 6.45) is 1.37. The van der Waals surface area contributed by atoms with Gasteiger partial charge in [-0.1, -0.05) is 0 Å². The SMILES string of the molecule is COc1cc(/C=C(\C#N)C(=O)c2ccc(F)cc2)cc(Br)c1O. The van der Waals surface area contributed by atoms with Gasteiger partial charge >= 0.3 is 0 Å². The number of benzene rings is 2. The predicted molar refractivity (Wildman–Crippen MR) is 86.7 cm³/mol. The molecule has 0 spiro atoms. The number of hydrogen-bond acceptors (Lipinski definition) is 4. The van der Waals surface area contributed by atoms with Crippen molar-refractivity contribution in [2.24, 2.45) is 0 Å². The van der Waals surface area contributed by atoms with Crippen LogP contribution in [-0.2, 0) is 0 Å². The van der Waals surface area contributed by atoms with Gasteiger partial charge in [-0.05, 0) is 64.0 Å². The number of ketones is 1. The van der Waals surface area contributed by atoms with Crippen LogP contribution >= 0.6 is 15.9 Å². The fourth-order valence-electron chi connectivity index (χ4n) is 1.90. The number of nitrogens with zero attached hydrogens (tertiary/aromatic N) is 1. The second kappa shape index (κ2) is 7.07. The molecule has 6 heteroatoms. The van der Waals surface area contributed by atoms with Gasteiger partial charge in [0.05, 0.1) is 11.6 Å². The number of methoxy groups -OCH3 is 1. The van der Waals surface area contributed by atoms with E-state index in [1.807, 2.05) is 6.07 Å². The molecule has 0 radical (unpaired) electrons. The van der Waals surface area contributed by atoms with Crippen molar-refractivity contribution >= 4 is 27.8 Å². The number of hydrogen-bond donors (Lipinski definition) is 1. The molecule has 0 fully saturated rings. The van der Waals surface area contributed by atoms with Crippen molar-refractivity contribution in [3.63, 3.8) is 0 Å². The van der Waals surface area contributed by atoms with Crippen LogP contribution < -0.4 is 4.74 Å². The van der Waals surface area contributed by atoms with E-state index in [0.717, 1.165) is 12.1 Å². The number of allylic oxidation sites excluding steroid dienone is 1. The Morgan fingerprint density at radius 1 is 1.35 bits per heavy atom. The van der Waals surface area contributed by atoms with E-state index in [1.165, 1.54) is 31.4 Å². The normalized spacial score (nSPS) is 11.0. The molecule has 0 unspecified atom stereocenters. The Labute approximate surface area is 140 Å². The van der Waals surface area contributed by atoms with Gasteiger partial charge < -0.3 is 9.84 Å². The summed E-state index contributed by atoms with van der Waals surface area (Å²) >= 11 is 3.17. The van der Waals surface area contributed by atoms with Crippen molar-refractivity contribution in [3.8, 4) is 17.6 Å². The van der Waals surface area contributed by atoms with E-state index < -0.39 is 11.6 Å². The Balaban J connectivity index is 2.43. The highest BCUT2D eigenvalue weighted by Crippen LogP contribution is 2.35. The van der Waals surface area contributed by atoms with Crippen LogP contribution in [0.25, 0.3) is 6.08 Å². The van der Waals surface area contributed by atoms with Crippen LogP contribution in [0.3, 0.4) is 0 Å². The van der Waals surface area contributed by atoms with Crippen LogP contribution in [0.4, 0.5) is 4.39 Å². The zero-order valence-electron chi connectivity index (χ0n) is 12.0. The van der Waals surface area contributed by atoms with Crippen molar-refractivity contribution in [2.45, 2.75) is 0 Å². The van der Waals surface area contributed by atoms with Crippen LogP contribution in [-0.4, -0.2) is 18.0 Å². The Kier molecular flexibility index (Phi) is 5.14. The van der Waals surface area contributed by atoms with Crippen molar-refractivity contribution in [1.29, 1.82) is 5.26 Å². The largest absolute Gasteiger partial charge is 0.503 e. The molecule has 0 aromatic heterocycles. The fourth-order valence-corrected chi connectivity index (χ4v) is 2.36. The summed E-state index contributed by atoms with van der Waals surface area (Å²) in [4.78, 5) is 12.3. The standard InChI is InChI=1S/C17H11BrFNO3/c1-23-15-8-10(7-14(18)17(15)22)6-12(9-20)16(21)11-2-4-13(19)5-3-11/h2-8,22H,1H3/b12-6+. The highest BCUT2D eigenvalue weighted by atomic mass is 79.9. The zero-order chi connectivity index (χ0) is 17.0. The van der Waals surface area contributed by atoms with Gasteiger partial charge in [0.25, 0.3) is 0 Å². The average Bonchev–Trinajstić information content (AvgIpc) is 2.55. The lowest BCUT2D eigenvalue weighted by atomic mass is 10.0. The number of nitriles is 1. The molecule has 2 rings (SSSR count). The minimum atomic E-state index is -0.518. The van der Waals surface area contributed by atoms with Crippen molar-refractivity contribution < 1.29 is 19.0 Å². The van der Waals surface area contributed by atoms with Crippen molar-refractivity contribution in [1.82, 2.24) is 0 Å². The molecule has 116 valence electrons. The molecular formula is C17H11BrFNO3. The summed E-state index contributed by atoms with van der Waals surface area (Å²) in [6.45, 7) is 0. The fraction of sp³-hybridized carbons (Fsp3) is 0.0588. The van der Waals surface area contributed by atoms with Gasteiger partial charge in [-0.25, -0.2) is 4.39 Å². The molecule has 0 aliphatic heterocycles. The summed E-state index contributed by atoms with van der Waals surface area (Å²) in [7, 11) is 1.39. The van der Waals surface area contributed by atoms with E-state index in [1.54, 1.807) is 6.07 Å². The zero-order valence-corrected chi connectivity index (χ0v) is 13.6. The van der Waals surface area contributed by atoms with Crippen LogP contribution in [0, 0.1) is 17.1 Å². The number of phenolic OH excluding ortho intramolecular Hbond substituents is 1. The number of ether oxygens (including phenoxy) is 1. The van der Waals surface area contributed by atoms with E-state index >= 15 is 0 Å². The summed E-state index contributed by atoms with van der Waals surface area (Å²) in [6, 6.07) is 9.82. The first-order valence-electron chi connectivity index (χ1n) is 6.45. The molecule has 0 amide bonds. The number of carbonyl (C=O) groups is 1. The van der Waals surface area contributed by atoms with Gasteiger partial charge in [-0.2, -0.15) is 5.26 Å². The molecule has 0 aliphatic rings. The van der Waals surface area contributed by atoms with Crippen LogP contribution in [0.15, 0.2) is 46.4 Å². The predicted octanol–water partition coefficient (Wildman–Crippen LogP) is 4.09. The quantitative estimate of drug-likeness (QED) is 0.496. The topological polar surface area (TPSA) is 70.3 Å². The highest BCUT2D eigenvalue weighted by molar-refractivity contribution is 9.10. The van der Waals surface area contributed by atoms with E-state index in [2.05, 4.69) is 15.9 Å². The third kappa shape index (κ3) is 3.76. The molecule has 1 N–H and O–H groups in total. The Morgan fingerprint density at radius 3 is 2.57 bits per heavy atom. The monoisotopic (exact) mass is 375 g/mol. The minimum Gasteiger partial charge on any atom is -0.503 e. The van der Waals surface area contributed by atoms with E-state index in [0.29, 0.717) is 10.0 Å². The molecule has 2 aromatic carbocycles. The summed E-state index contributed by atoms with van der Waals surface area (Å²) < 4.78 is 18.3. The number of phenols is 1. The number of halogens is 2. The first-order chi connectivity index (χ1) is 11.0. The summed E-state index contributed by atoms with van der Waals surface area (Å²) in [5, 5.41) is 19.0. The lowest BCUT2D eigenvalue weighted by Crippen LogP contribution is -2.02.